The van der Waals surface area contributed by atoms with E-state index in [0.717, 1.165) is 11.8 Å². The summed E-state index contributed by atoms with van der Waals surface area (Å²) in [6.45, 7) is 8.42. The number of oxazole rings is 1. The number of rotatable bonds is 11. The number of fused-ring (bicyclic) bond motifs is 3. The van der Waals surface area contributed by atoms with Crippen LogP contribution in [0.4, 0.5) is 17.6 Å². The zero-order valence-corrected chi connectivity index (χ0v) is 30.4. The van der Waals surface area contributed by atoms with E-state index in [-0.39, 0.29) is 62.4 Å². The second kappa shape index (κ2) is 15.0. The van der Waals surface area contributed by atoms with Gasteiger partial charge in [0.1, 0.15) is 42.6 Å². The van der Waals surface area contributed by atoms with Crippen LogP contribution in [0.1, 0.15) is 65.0 Å². The number of ether oxygens (including phenoxy) is 2. The van der Waals surface area contributed by atoms with Gasteiger partial charge in [-0.2, -0.15) is 13.2 Å². The number of para-hydroxylation sites is 1. The van der Waals surface area contributed by atoms with Gasteiger partial charge in [0.25, 0.3) is 0 Å². The monoisotopic (exact) mass is 746 g/mol. The Morgan fingerprint density at radius 3 is 2.60 bits per heavy atom. The second-order valence-electron chi connectivity index (χ2n) is 14.9. The molecule has 16 heteroatoms. The number of carbonyl (C=O) groups is 2. The number of piperazine rings is 1. The van der Waals surface area contributed by atoms with Crippen LogP contribution in [0.3, 0.4) is 0 Å². The summed E-state index contributed by atoms with van der Waals surface area (Å²) < 4.78 is 71.6. The van der Waals surface area contributed by atoms with Gasteiger partial charge in [-0.1, -0.05) is 25.1 Å². The van der Waals surface area contributed by atoms with Crippen molar-refractivity contribution >= 4 is 11.8 Å². The Labute approximate surface area is 305 Å². The van der Waals surface area contributed by atoms with Gasteiger partial charge in [0.15, 0.2) is 5.76 Å². The fourth-order valence-electron chi connectivity index (χ4n) is 7.67. The maximum Gasteiger partial charge on any atom is 0.405 e. The molecule has 2 amide bonds. The third-order valence-electron chi connectivity index (χ3n) is 10.4. The summed E-state index contributed by atoms with van der Waals surface area (Å²) in [5.41, 5.74) is -0.658. The molecule has 0 spiro atoms. The van der Waals surface area contributed by atoms with E-state index in [0.29, 0.717) is 24.3 Å². The highest BCUT2D eigenvalue weighted by Crippen LogP contribution is 2.48. The van der Waals surface area contributed by atoms with Gasteiger partial charge in [-0.05, 0) is 52.7 Å². The molecule has 0 saturated carbocycles. The molecule has 1 aromatic carbocycles. The van der Waals surface area contributed by atoms with E-state index in [1.54, 1.807) is 9.80 Å². The number of pyridine rings is 1. The maximum atomic E-state index is 14.3. The number of hydrogen-bond acceptors (Lipinski definition) is 10. The largest absolute Gasteiger partial charge is 0.490 e. The van der Waals surface area contributed by atoms with Crippen molar-refractivity contribution in [2.45, 2.75) is 89.2 Å². The highest BCUT2D eigenvalue weighted by Gasteiger charge is 2.54. The molecule has 12 nitrogen and oxygen atoms in total. The number of aliphatic hydroxyl groups is 1. The summed E-state index contributed by atoms with van der Waals surface area (Å²) in [5, 5.41) is 13.5. The zero-order valence-electron chi connectivity index (χ0n) is 30.4. The first-order valence-electron chi connectivity index (χ1n) is 17.8. The molecule has 0 radical (unpaired) electrons. The fourth-order valence-corrected chi connectivity index (χ4v) is 7.67. The Bertz CT molecular complexity index is 1790. The Kier molecular flexibility index (Phi) is 10.9. The van der Waals surface area contributed by atoms with Gasteiger partial charge in [-0.3, -0.25) is 24.4 Å². The van der Waals surface area contributed by atoms with Crippen LogP contribution < -0.4 is 10.1 Å². The van der Waals surface area contributed by atoms with Crippen molar-refractivity contribution in [1.29, 1.82) is 0 Å². The van der Waals surface area contributed by atoms with Crippen molar-refractivity contribution in [2.24, 2.45) is 5.92 Å². The molecule has 53 heavy (non-hydrogen) atoms. The van der Waals surface area contributed by atoms with E-state index >= 15 is 0 Å². The second-order valence-corrected chi connectivity index (χ2v) is 14.9. The normalized spacial score (nSPS) is 23.1. The number of amides is 2. The molecule has 6 rings (SSSR count). The van der Waals surface area contributed by atoms with E-state index in [9.17, 15) is 32.3 Å². The summed E-state index contributed by atoms with van der Waals surface area (Å²) in [7, 11) is 0. The van der Waals surface area contributed by atoms with Gasteiger partial charge in [0.05, 0.1) is 30.1 Å². The van der Waals surface area contributed by atoms with Crippen molar-refractivity contribution in [2.75, 3.05) is 39.3 Å². The van der Waals surface area contributed by atoms with Crippen molar-refractivity contribution in [3.05, 3.63) is 66.2 Å². The van der Waals surface area contributed by atoms with Gasteiger partial charge in [-0.25, -0.2) is 9.37 Å². The number of alkyl halides is 3. The smallest absolute Gasteiger partial charge is 0.405 e. The van der Waals surface area contributed by atoms with Gasteiger partial charge in [0, 0.05) is 49.4 Å². The number of aliphatic hydroxyl groups excluding tert-OH is 1. The average molecular weight is 747 g/mol. The van der Waals surface area contributed by atoms with Crippen molar-refractivity contribution < 1.29 is 46.1 Å². The van der Waals surface area contributed by atoms with Crippen LogP contribution in [0.5, 0.6) is 5.75 Å². The Hall–Kier alpha value is -4.12. The number of benzene rings is 1. The molecular formula is C37H46F4N6O6. The molecule has 5 heterocycles. The summed E-state index contributed by atoms with van der Waals surface area (Å²) in [4.78, 5) is 41.2. The maximum absolute atomic E-state index is 14.3. The first-order chi connectivity index (χ1) is 25.0. The number of carbonyl (C=O) groups excluding carboxylic acids is 2. The highest BCUT2D eigenvalue weighted by molar-refractivity contribution is 5.82. The minimum Gasteiger partial charge on any atom is -0.490 e. The van der Waals surface area contributed by atoms with Crippen LogP contribution in [0.25, 0.3) is 11.3 Å². The lowest BCUT2D eigenvalue weighted by molar-refractivity contribution is -0.153. The van der Waals surface area contributed by atoms with Crippen molar-refractivity contribution in [1.82, 2.24) is 30.0 Å². The lowest BCUT2D eigenvalue weighted by Gasteiger charge is -2.46. The number of aromatic nitrogens is 2. The highest BCUT2D eigenvalue weighted by atomic mass is 19.4. The number of nitrogens with zero attached hydrogens (tertiary/aromatic N) is 5. The third-order valence-corrected chi connectivity index (χ3v) is 10.4. The molecule has 0 aliphatic carbocycles. The lowest BCUT2D eigenvalue weighted by atomic mass is 9.91. The van der Waals surface area contributed by atoms with Crippen molar-refractivity contribution in [3.8, 4) is 17.1 Å². The molecule has 3 aliphatic rings. The molecule has 3 aromatic rings. The van der Waals surface area contributed by atoms with Crippen LogP contribution in [0.15, 0.2) is 53.3 Å². The first kappa shape index (κ1) is 38.6. The van der Waals surface area contributed by atoms with Gasteiger partial charge in [-0.15, -0.1) is 0 Å². The predicted molar refractivity (Wildman–Crippen MR) is 184 cm³/mol. The SMILES string of the molecule is CC[C@H](C[C@H](O)CN1CCN(C(C)(C)c2ncc(-c3cncc(F)c3)o2)C[C@H]1C(=O)NCC(F)(F)F)C(=O)N1[C@H]2c3ccccc3OC[C@H]2OC1(C)C. The minimum absolute atomic E-state index is 0.0113. The molecule has 2 aromatic heterocycles. The van der Waals surface area contributed by atoms with Crippen LogP contribution in [0.2, 0.25) is 0 Å². The Morgan fingerprint density at radius 1 is 1.13 bits per heavy atom. The van der Waals surface area contributed by atoms with Crippen LogP contribution in [0, 0.1) is 11.7 Å². The Balaban J connectivity index is 1.17. The summed E-state index contributed by atoms with van der Waals surface area (Å²) in [5.74, 6) is -0.970. The topological polar surface area (TPSA) is 133 Å². The number of halogens is 4. The lowest BCUT2D eigenvalue weighted by Crippen LogP contribution is -2.63. The van der Waals surface area contributed by atoms with Gasteiger partial charge < -0.3 is 29.2 Å². The molecule has 3 aliphatic heterocycles. The van der Waals surface area contributed by atoms with Crippen LogP contribution >= 0.6 is 0 Å². The van der Waals surface area contributed by atoms with Crippen molar-refractivity contribution in [3.63, 3.8) is 0 Å². The van der Waals surface area contributed by atoms with Gasteiger partial charge >= 0.3 is 6.18 Å². The van der Waals surface area contributed by atoms with E-state index in [1.165, 1.54) is 18.5 Å². The van der Waals surface area contributed by atoms with Crippen LogP contribution in [-0.4, -0.2) is 111 Å². The summed E-state index contributed by atoms with van der Waals surface area (Å²) in [6.07, 6.45) is -1.66. The molecule has 2 N–H and O–H groups in total. The van der Waals surface area contributed by atoms with Gasteiger partial charge in [0.2, 0.25) is 17.7 Å². The third kappa shape index (κ3) is 8.20. The fraction of sp³-hybridized carbons (Fsp3) is 0.568. The first-order valence-corrected chi connectivity index (χ1v) is 17.8. The molecule has 288 valence electrons. The average Bonchev–Trinajstić information content (AvgIpc) is 3.72. The number of hydrogen-bond donors (Lipinski definition) is 2. The van der Waals surface area contributed by atoms with E-state index in [4.69, 9.17) is 13.9 Å². The van der Waals surface area contributed by atoms with E-state index in [2.05, 4.69) is 9.97 Å². The molecule has 0 bridgehead atoms. The minimum atomic E-state index is -4.63. The summed E-state index contributed by atoms with van der Waals surface area (Å²) in [6, 6.07) is 7.32. The number of nitrogens with one attached hydrogen (secondary N) is 1. The summed E-state index contributed by atoms with van der Waals surface area (Å²) >= 11 is 0. The molecule has 5 atom stereocenters. The van der Waals surface area contributed by atoms with E-state index < -0.39 is 53.8 Å². The molecule has 2 fully saturated rings. The molecule has 2 saturated heterocycles. The molecular weight excluding hydrogens is 700 g/mol. The standard InChI is InChI=1S/C37H46F4N6O6/c1-6-22(33(50)47-31-26-9-7-8-10-28(26)51-20-30(31)53-36(47,4)5)14-25(48)18-45-11-12-46(19-27(45)32(49)44-21-37(39,40)41)35(2,3)34-43-17-29(52-34)23-13-24(38)16-42-15-23/h7-10,13,15-17,22,25,27,30-31,48H,6,11-12,14,18-21H2,1-5H3,(H,44,49)/t22-,25+,27+,30-,31+/m1/s1. The molecule has 0 unspecified atom stereocenters. The quantitative estimate of drug-likeness (QED) is 0.267. The number of β-amino-alcohol motifs (C(OH)–C–C–N with tert-alkyl or cyclic N) is 1. The Morgan fingerprint density at radius 2 is 1.89 bits per heavy atom. The zero-order chi connectivity index (χ0) is 38.3. The van der Waals surface area contributed by atoms with E-state index in [1.807, 2.05) is 69.1 Å². The van der Waals surface area contributed by atoms with Crippen LogP contribution in [-0.2, 0) is 19.9 Å². The predicted octanol–water partition coefficient (Wildman–Crippen LogP) is 4.65.